The molecule has 2 amide bonds. The second kappa shape index (κ2) is 16.3. The molecule has 4 N–H and O–H groups in total. The lowest BCUT2D eigenvalue weighted by molar-refractivity contribution is -0.124. The molecule has 2 aromatic carbocycles. The number of aliphatic hydroxyl groups excluding tert-OH is 1. The van der Waals surface area contributed by atoms with Crippen molar-refractivity contribution < 1.29 is 29.7 Å². The Bertz CT molecular complexity index is 1490. The molecule has 4 aliphatic rings. The molecule has 0 radical (unpaired) electrons. The number of carboxylic acid groups (broad SMARTS) is 1. The van der Waals surface area contributed by atoms with Crippen molar-refractivity contribution in [3.63, 3.8) is 0 Å². The fourth-order valence-corrected chi connectivity index (χ4v) is 10.3. The topological polar surface area (TPSA) is 127 Å². The van der Waals surface area contributed by atoms with Gasteiger partial charge in [0.15, 0.2) is 0 Å². The molecular weight excluding hydrogens is 628 g/mol. The molecule has 0 aromatic heterocycles. The van der Waals surface area contributed by atoms with E-state index in [4.69, 9.17) is 5.11 Å². The lowest BCUT2D eigenvalue weighted by Gasteiger charge is -2.53. The van der Waals surface area contributed by atoms with Crippen molar-refractivity contribution in [2.45, 2.75) is 134 Å². The zero-order valence-electron chi connectivity index (χ0n) is 30.0. The molecule has 2 saturated carbocycles. The number of hydrogen-bond acceptors (Lipinski definition) is 5. The molecular formula is C42H58N2O6. The summed E-state index contributed by atoms with van der Waals surface area (Å²) < 4.78 is 0. The van der Waals surface area contributed by atoms with Crippen molar-refractivity contribution in [3.05, 3.63) is 64.7 Å². The first kappa shape index (κ1) is 36.4. The van der Waals surface area contributed by atoms with Gasteiger partial charge in [-0.25, -0.2) is 4.79 Å². The quantitative estimate of drug-likeness (QED) is 0.141. The molecule has 6 rings (SSSR count). The van der Waals surface area contributed by atoms with E-state index in [1.807, 2.05) is 12.1 Å². The van der Waals surface area contributed by atoms with E-state index in [2.05, 4.69) is 18.3 Å². The summed E-state index contributed by atoms with van der Waals surface area (Å²) in [6, 6.07) is 11.5. The Labute approximate surface area is 298 Å². The number of carboxylic acids is 1. The number of unbranched alkanes of at least 4 members (excludes halogenated alkanes) is 8. The third-order valence-electron chi connectivity index (χ3n) is 13.1. The van der Waals surface area contributed by atoms with Crippen LogP contribution in [-0.4, -0.2) is 63.2 Å². The number of phenolic OH excluding ortho intramolecular Hbond substituents is 1. The molecule has 3 aliphatic carbocycles. The average molecular weight is 687 g/mol. The zero-order valence-corrected chi connectivity index (χ0v) is 30.0. The first-order chi connectivity index (χ1) is 24.2. The van der Waals surface area contributed by atoms with Crippen LogP contribution in [0.5, 0.6) is 5.75 Å². The normalized spacial score (nSPS) is 28.5. The number of rotatable bonds is 15. The maximum Gasteiger partial charge on any atom is 0.335 e. The van der Waals surface area contributed by atoms with Gasteiger partial charge < -0.3 is 25.5 Å². The van der Waals surface area contributed by atoms with Crippen molar-refractivity contribution in [1.29, 1.82) is 0 Å². The molecule has 0 bridgehead atoms. The van der Waals surface area contributed by atoms with E-state index < -0.39 is 12.0 Å². The van der Waals surface area contributed by atoms with Crippen LogP contribution < -0.4 is 5.32 Å². The summed E-state index contributed by atoms with van der Waals surface area (Å²) in [5, 5.41) is 33.3. The minimum absolute atomic E-state index is 0.0673. The van der Waals surface area contributed by atoms with Gasteiger partial charge in [-0.15, -0.1) is 0 Å². The van der Waals surface area contributed by atoms with Crippen LogP contribution in [0.3, 0.4) is 0 Å². The highest BCUT2D eigenvalue weighted by molar-refractivity contribution is 5.98. The van der Waals surface area contributed by atoms with Crippen LogP contribution in [0.2, 0.25) is 0 Å². The molecule has 0 spiro atoms. The van der Waals surface area contributed by atoms with Gasteiger partial charge in [-0.05, 0) is 134 Å². The van der Waals surface area contributed by atoms with Crippen molar-refractivity contribution in [2.75, 3.05) is 13.1 Å². The second-order valence-corrected chi connectivity index (χ2v) is 16.1. The van der Waals surface area contributed by atoms with Gasteiger partial charge in [0.25, 0.3) is 5.91 Å². The number of aromatic hydroxyl groups is 1. The number of nitrogens with zero attached hydrogens (tertiary/aromatic N) is 1. The fourth-order valence-electron chi connectivity index (χ4n) is 10.3. The summed E-state index contributed by atoms with van der Waals surface area (Å²) in [5.74, 6) is 1.50. The predicted octanol–water partition coefficient (Wildman–Crippen LogP) is 7.86. The van der Waals surface area contributed by atoms with Crippen LogP contribution in [0.15, 0.2) is 42.5 Å². The Morgan fingerprint density at radius 2 is 1.54 bits per heavy atom. The molecule has 1 saturated heterocycles. The number of hydrogen-bond donors (Lipinski definition) is 4. The van der Waals surface area contributed by atoms with Gasteiger partial charge >= 0.3 is 5.97 Å². The van der Waals surface area contributed by atoms with Gasteiger partial charge in [0.05, 0.1) is 11.7 Å². The molecule has 7 atom stereocenters. The van der Waals surface area contributed by atoms with Crippen molar-refractivity contribution in [3.8, 4) is 5.75 Å². The van der Waals surface area contributed by atoms with Crippen LogP contribution in [0, 0.1) is 23.2 Å². The van der Waals surface area contributed by atoms with Crippen LogP contribution >= 0.6 is 0 Å². The van der Waals surface area contributed by atoms with Crippen LogP contribution in [0.4, 0.5) is 0 Å². The molecule has 272 valence electrons. The minimum atomic E-state index is -1.03. The standard InChI is InChI=1S/C42H58N2O6/c1-42-23-22-34-33-19-18-32(45)27-31(33)26-30(38(34)35(42)20-21-37(42)46)12-9-7-5-3-2-4-6-8-10-24-43-39(47)36-13-11-25-44(36)40(48)28-14-16-29(17-15-28)41(49)50/h14-19,27,30,34-38,45-46H,2-13,20-26H2,1H3,(H,43,47)(H,49,50)/t30?,34?,35?,36?,37-,38?,42-/m0/s1. The van der Waals surface area contributed by atoms with Gasteiger partial charge in [-0.3, -0.25) is 9.59 Å². The highest BCUT2D eigenvalue weighted by Gasteiger charge is 2.56. The van der Waals surface area contributed by atoms with Gasteiger partial charge in [0.1, 0.15) is 11.8 Å². The van der Waals surface area contributed by atoms with E-state index in [1.165, 1.54) is 86.8 Å². The second-order valence-electron chi connectivity index (χ2n) is 16.1. The summed E-state index contributed by atoms with van der Waals surface area (Å²) >= 11 is 0. The van der Waals surface area contributed by atoms with Crippen LogP contribution in [-0.2, 0) is 11.2 Å². The lowest BCUT2D eigenvalue weighted by atomic mass is 9.52. The number of amides is 2. The first-order valence-corrected chi connectivity index (χ1v) is 19.6. The summed E-state index contributed by atoms with van der Waals surface area (Å²) in [7, 11) is 0. The maximum atomic E-state index is 13.0. The lowest BCUT2D eigenvalue weighted by Crippen LogP contribution is -2.47. The highest BCUT2D eigenvalue weighted by Crippen LogP contribution is 2.62. The largest absolute Gasteiger partial charge is 0.508 e. The number of aliphatic hydroxyl groups is 1. The monoisotopic (exact) mass is 686 g/mol. The summed E-state index contributed by atoms with van der Waals surface area (Å²) in [6.45, 7) is 3.51. The summed E-state index contributed by atoms with van der Waals surface area (Å²) in [4.78, 5) is 38.7. The highest BCUT2D eigenvalue weighted by atomic mass is 16.4. The van der Waals surface area contributed by atoms with E-state index in [9.17, 15) is 24.6 Å². The molecule has 3 fully saturated rings. The average Bonchev–Trinajstić information content (AvgIpc) is 3.72. The zero-order chi connectivity index (χ0) is 35.3. The smallest absolute Gasteiger partial charge is 0.335 e. The molecule has 8 nitrogen and oxygen atoms in total. The van der Waals surface area contributed by atoms with Gasteiger partial charge in [-0.1, -0.05) is 64.4 Å². The molecule has 1 heterocycles. The summed E-state index contributed by atoms with van der Waals surface area (Å²) in [5.41, 5.74) is 3.43. The Morgan fingerprint density at radius 3 is 2.26 bits per heavy atom. The molecule has 1 aliphatic heterocycles. The van der Waals surface area contributed by atoms with Crippen molar-refractivity contribution in [1.82, 2.24) is 10.2 Å². The number of benzene rings is 2. The van der Waals surface area contributed by atoms with Crippen LogP contribution in [0.25, 0.3) is 0 Å². The Balaban J connectivity index is 0.848. The van der Waals surface area contributed by atoms with E-state index in [-0.39, 0.29) is 28.9 Å². The van der Waals surface area contributed by atoms with Crippen molar-refractivity contribution in [2.24, 2.45) is 23.2 Å². The van der Waals surface area contributed by atoms with E-state index in [0.29, 0.717) is 54.5 Å². The van der Waals surface area contributed by atoms with Gasteiger partial charge in [-0.2, -0.15) is 0 Å². The Hall–Kier alpha value is -3.39. The number of phenols is 1. The van der Waals surface area contributed by atoms with Gasteiger partial charge in [0.2, 0.25) is 5.91 Å². The number of nitrogens with one attached hydrogen (secondary N) is 1. The SMILES string of the molecule is C[C@]12CCC3c4ccc(O)cc4CC(CCCCCCCCCCCNC(=O)C4CCCN4C(=O)c4ccc(C(=O)O)cc4)C3C1CC[C@@H]2O. The molecule has 50 heavy (non-hydrogen) atoms. The number of aromatic carboxylic acids is 1. The Morgan fingerprint density at radius 1 is 0.860 bits per heavy atom. The van der Waals surface area contributed by atoms with E-state index in [0.717, 1.165) is 51.4 Å². The minimum Gasteiger partial charge on any atom is -0.508 e. The first-order valence-electron chi connectivity index (χ1n) is 19.6. The maximum absolute atomic E-state index is 13.0. The summed E-state index contributed by atoms with van der Waals surface area (Å²) in [6.07, 6.45) is 18.7. The number of fused-ring (bicyclic) bond motifs is 5. The Kier molecular flexibility index (Phi) is 11.9. The molecule has 2 aromatic rings. The molecule has 5 unspecified atom stereocenters. The predicted molar refractivity (Wildman–Crippen MR) is 194 cm³/mol. The number of carbonyl (C=O) groups is 3. The third-order valence-corrected chi connectivity index (χ3v) is 13.1. The number of likely N-dealkylation sites (tertiary alicyclic amines) is 1. The van der Waals surface area contributed by atoms with Crippen LogP contribution in [0.1, 0.15) is 147 Å². The fraction of sp³-hybridized carbons (Fsp3) is 0.643. The van der Waals surface area contributed by atoms with Crippen molar-refractivity contribution >= 4 is 17.8 Å². The molecule has 8 heteroatoms. The third kappa shape index (κ3) is 7.90. The van der Waals surface area contributed by atoms with E-state index in [1.54, 1.807) is 4.90 Å². The number of carbonyl (C=O) groups excluding carboxylic acids is 2. The van der Waals surface area contributed by atoms with Gasteiger partial charge in [0, 0.05) is 18.7 Å². The van der Waals surface area contributed by atoms with E-state index >= 15 is 0 Å².